The Labute approximate surface area is 121 Å². The minimum atomic E-state index is -4.69. The van der Waals surface area contributed by atoms with Gasteiger partial charge in [-0.25, -0.2) is 13.2 Å². The molecule has 2 atom stereocenters. The molecule has 122 valence electrons. The Morgan fingerprint density at radius 2 is 1.68 bits per heavy atom. The number of likely N-dealkylation sites (tertiary alicyclic amines) is 1. The second-order valence-corrected chi connectivity index (χ2v) is 5.11. The quantitative estimate of drug-likeness (QED) is 0.637. The molecule has 1 fully saturated rings. The van der Waals surface area contributed by atoms with E-state index in [4.69, 9.17) is 5.73 Å². The fourth-order valence-electron chi connectivity index (χ4n) is 2.41. The summed E-state index contributed by atoms with van der Waals surface area (Å²) in [6.07, 6.45) is -5.02. The summed E-state index contributed by atoms with van der Waals surface area (Å²) in [6.45, 7) is -0.399. The van der Waals surface area contributed by atoms with Gasteiger partial charge in [0.1, 0.15) is 6.04 Å². The molecule has 0 radical (unpaired) electrons. The standard InChI is InChI=1S/C13H12F6N2O/c14-8-3-6(4-9(15)11(8)16)12(22)21-5-7(20)1-2-10(21)13(17,18)19/h3-4,7,10H,1-2,5,20H2. The van der Waals surface area contributed by atoms with Crippen LogP contribution < -0.4 is 5.73 Å². The number of nitrogens with two attached hydrogens (primary N) is 1. The van der Waals surface area contributed by atoms with Crippen LogP contribution in [0.2, 0.25) is 0 Å². The Morgan fingerprint density at radius 1 is 1.14 bits per heavy atom. The fraction of sp³-hybridized carbons (Fsp3) is 0.462. The van der Waals surface area contributed by atoms with Crippen LogP contribution in [0.4, 0.5) is 26.3 Å². The molecule has 0 aliphatic carbocycles. The molecule has 9 heteroatoms. The van der Waals surface area contributed by atoms with Crippen molar-refractivity contribution in [3.05, 3.63) is 35.1 Å². The van der Waals surface area contributed by atoms with Gasteiger partial charge in [-0.1, -0.05) is 0 Å². The Bertz CT molecular complexity index is 565. The lowest BCUT2D eigenvalue weighted by Crippen LogP contribution is -2.56. The number of alkyl halides is 3. The normalized spacial score (nSPS) is 22.8. The first-order chi connectivity index (χ1) is 10.1. The van der Waals surface area contributed by atoms with E-state index in [1.165, 1.54) is 0 Å². The highest BCUT2D eigenvalue weighted by atomic mass is 19.4. The van der Waals surface area contributed by atoms with E-state index in [2.05, 4.69) is 0 Å². The Hall–Kier alpha value is -1.77. The molecule has 0 saturated carbocycles. The predicted molar refractivity (Wildman–Crippen MR) is 64.4 cm³/mol. The van der Waals surface area contributed by atoms with E-state index in [0.29, 0.717) is 17.0 Å². The van der Waals surface area contributed by atoms with Crippen LogP contribution in [0.3, 0.4) is 0 Å². The van der Waals surface area contributed by atoms with E-state index in [-0.39, 0.29) is 6.42 Å². The molecule has 0 aromatic heterocycles. The third-order valence-corrected chi connectivity index (χ3v) is 3.49. The van der Waals surface area contributed by atoms with Gasteiger partial charge >= 0.3 is 6.18 Å². The zero-order chi connectivity index (χ0) is 16.7. The number of piperidine rings is 1. The number of hydrogen-bond donors (Lipinski definition) is 1. The van der Waals surface area contributed by atoms with Crippen LogP contribution in [-0.4, -0.2) is 35.6 Å². The first kappa shape index (κ1) is 16.6. The molecule has 0 spiro atoms. The van der Waals surface area contributed by atoms with Crippen molar-refractivity contribution in [1.82, 2.24) is 4.90 Å². The number of hydrogen-bond acceptors (Lipinski definition) is 2. The minimum Gasteiger partial charge on any atom is -0.326 e. The number of halogens is 6. The maximum absolute atomic E-state index is 13.1. The molecule has 1 amide bonds. The van der Waals surface area contributed by atoms with Gasteiger partial charge in [-0.15, -0.1) is 0 Å². The summed E-state index contributed by atoms with van der Waals surface area (Å²) in [7, 11) is 0. The van der Waals surface area contributed by atoms with Gasteiger partial charge in [-0.3, -0.25) is 4.79 Å². The summed E-state index contributed by atoms with van der Waals surface area (Å²) < 4.78 is 78.1. The summed E-state index contributed by atoms with van der Waals surface area (Å²) in [4.78, 5) is 12.6. The Kier molecular flexibility index (Phi) is 4.37. The topological polar surface area (TPSA) is 46.3 Å². The Morgan fingerprint density at radius 3 is 2.18 bits per heavy atom. The molecule has 1 aromatic rings. The van der Waals surface area contributed by atoms with Gasteiger partial charge in [0, 0.05) is 18.2 Å². The molecular formula is C13H12F6N2O. The number of nitrogens with zero attached hydrogens (tertiary/aromatic N) is 1. The molecule has 1 aliphatic rings. The predicted octanol–water partition coefficient (Wildman–Crippen LogP) is 2.60. The molecule has 0 bridgehead atoms. The highest BCUT2D eigenvalue weighted by Crippen LogP contribution is 2.32. The van der Waals surface area contributed by atoms with Gasteiger partial charge in [0.2, 0.25) is 0 Å². The van der Waals surface area contributed by atoms with E-state index < -0.39 is 60.1 Å². The smallest absolute Gasteiger partial charge is 0.326 e. The lowest BCUT2D eigenvalue weighted by molar-refractivity contribution is -0.184. The van der Waals surface area contributed by atoms with E-state index in [1.807, 2.05) is 0 Å². The highest BCUT2D eigenvalue weighted by Gasteiger charge is 2.47. The molecule has 22 heavy (non-hydrogen) atoms. The second-order valence-electron chi connectivity index (χ2n) is 5.11. The van der Waals surface area contributed by atoms with Crippen LogP contribution in [0.15, 0.2) is 12.1 Å². The van der Waals surface area contributed by atoms with Crippen LogP contribution >= 0.6 is 0 Å². The summed E-state index contributed by atoms with van der Waals surface area (Å²) in [6, 6.07) is -2.02. The van der Waals surface area contributed by atoms with Crippen molar-refractivity contribution < 1.29 is 31.1 Å². The van der Waals surface area contributed by atoms with Crippen molar-refractivity contribution in [3.8, 4) is 0 Å². The zero-order valence-corrected chi connectivity index (χ0v) is 11.1. The lowest BCUT2D eigenvalue weighted by Gasteiger charge is -2.39. The summed E-state index contributed by atoms with van der Waals surface area (Å²) >= 11 is 0. The number of rotatable bonds is 1. The Balaban J connectivity index is 2.36. The van der Waals surface area contributed by atoms with Crippen LogP contribution in [0.1, 0.15) is 23.2 Å². The fourth-order valence-corrected chi connectivity index (χ4v) is 2.41. The zero-order valence-electron chi connectivity index (χ0n) is 11.1. The van der Waals surface area contributed by atoms with E-state index in [1.54, 1.807) is 0 Å². The van der Waals surface area contributed by atoms with Crippen molar-refractivity contribution in [3.63, 3.8) is 0 Å². The van der Waals surface area contributed by atoms with Crippen LogP contribution in [0.5, 0.6) is 0 Å². The lowest BCUT2D eigenvalue weighted by atomic mass is 9.97. The number of carbonyl (C=O) groups excluding carboxylic acids is 1. The molecule has 2 unspecified atom stereocenters. The van der Waals surface area contributed by atoms with E-state index in [0.717, 1.165) is 0 Å². The third-order valence-electron chi connectivity index (χ3n) is 3.49. The third kappa shape index (κ3) is 3.18. The molecule has 3 nitrogen and oxygen atoms in total. The summed E-state index contributed by atoms with van der Waals surface area (Å²) in [5, 5.41) is 0. The summed E-state index contributed by atoms with van der Waals surface area (Å²) in [5.41, 5.74) is 4.87. The minimum absolute atomic E-state index is 0.0695. The van der Waals surface area contributed by atoms with Crippen LogP contribution in [0, 0.1) is 17.5 Å². The highest BCUT2D eigenvalue weighted by molar-refractivity contribution is 5.94. The maximum Gasteiger partial charge on any atom is 0.408 e. The maximum atomic E-state index is 13.1. The van der Waals surface area contributed by atoms with Crippen LogP contribution in [0.25, 0.3) is 0 Å². The average Bonchev–Trinajstić information content (AvgIpc) is 2.42. The van der Waals surface area contributed by atoms with Gasteiger partial charge in [-0.05, 0) is 25.0 Å². The monoisotopic (exact) mass is 326 g/mol. The molecule has 1 aliphatic heterocycles. The van der Waals surface area contributed by atoms with E-state index >= 15 is 0 Å². The van der Waals surface area contributed by atoms with Gasteiger partial charge in [0.05, 0.1) is 0 Å². The molecule has 1 heterocycles. The molecule has 1 saturated heterocycles. The first-order valence-corrected chi connectivity index (χ1v) is 6.39. The van der Waals surface area contributed by atoms with Crippen molar-refractivity contribution in [2.45, 2.75) is 31.1 Å². The molecular weight excluding hydrogens is 314 g/mol. The average molecular weight is 326 g/mol. The number of carbonyl (C=O) groups is 1. The van der Waals surface area contributed by atoms with Crippen molar-refractivity contribution in [2.75, 3.05) is 6.54 Å². The van der Waals surface area contributed by atoms with Gasteiger partial charge in [0.25, 0.3) is 5.91 Å². The molecule has 1 aromatic carbocycles. The SMILES string of the molecule is NC1CCC(C(F)(F)F)N(C(=O)c2cc(F)c(F)c(F)c2)C1. The van der Waals surface area contributed by atoms with Crippen molar-refractivity contribution >= 4 is 5.91 Å². The van der Waals surface area contributed by atoms with E-state index in [9.17, 15) is 31.1 Å². The van der Waals surface area contributed by atoms with Crippen molar-refractivity contribution in [2.24, 2.45) is 5.73 Å². The molecule has 2 rings (SSSR count). The molecule has 2 N–H and O–H groups in total. The number of amides is 1. The number of benzene rings is 1. The van der Waals surface area contributed by atoms with Gasteiger partial charge in [0.15, 0.2) is 17.5 Å². The summed E-state index contributed by atoms with van der Waals surface area (Å²) in [5.74, 6) is -6.32. The van der Waals surface area contributed by atoms with Gasteiger partial charge < -0.3 is 10.6 Å². The van der Waals surface area contributed by atoms with Gasteiger partial charge in [-0.2, -0.15) is 13.2 Å². The first-order valence-electron chi connectivity index (χ1n) is 6.39. The van der Waals surface area contributed by atoms with Crippen LogP contribution in [-0.2, 0) is 0 Å². The largest absolute Gasteiger partial charge is 0.408 e. The van der Waals surface area contributed by atoms with Crippen molar-refractivity contribution in [1.29, 1.82) is 0 Å². The second kappa shape index (κ2) is 5.79.